The molecule has 2 aromatic rings. The number of amides is 2. The molecule has 0 bridgehead atoms. The third-order valence-electron chi connectivity index (χ3n) is 8.68. The van der Waals surface area contributed by atoms with Crippen LogP contribution in [0.1, 0.15) is 65.7 Å². The topological polar surface area (TPSA) is 93.7 Å². The van der Waals surface area contributed by atoms with E-state index in [0.717, 1.165) is 17.8 Å². The van der Waals surface area contributed by atoms with Crippen LogP contribution in [0.2, 0.25) is 0 Å². The molecule has 1 aromatic carbocycles. The van der Waals surface area contributed by atoms with Gasteiger partial charge in [-0.05, 0) is 24.8 Å². The van der Waals surface area contributed by atoms with Crippen molar-refractivity contribution in [3.8, 4) is 0 Å². The first-order valence-corrected chi connectivity index (χ1v) is 17.1. The highest BCUT2D eigenvalue weighted by Gasteiger charge is 2.41. The average Bonchev–Trinajstić information content (AvgIpc) is 3.56. The summed E-state index contributed by atoms with van der Waals surface area (Å²) in [5, 5.41) is 2.77. The van der Waals surface area contributed by atoms with Gasteiger partial charge in [0, 0.05) is 57.3 Å². The number of morpholine rings is 1. The first-order chi connectivity index (χ1) is 22.8. The quantitative estimate of drug-likeness (QED) is 0.148. The maximum atomic E-state index is 15.5. The molecule has 1 aromatic heterocycles. The van der Waals surface area contributed by atoms with Gasteiger partial charge in [-0.15, -0.1) is 11.3 Å². The molecule has 0 radical (unpaired) electrons. The lowest BCUT2D eigenvalue weighted by molar-refractivity contribution is -0.176. The van der Waals surface area contributed by atoms with E-state index in [9.17, 15) is 22.8 Å². The molecule has 0 atom stereocenters. The van der Waals surface area contributed by atoms with Gasteiger partial charge in [-0.2, -0.15) is 13.2 Å². The Labute approximate surface area is 283 Å². The van der Waals surface area contributed by atoms with E-state index in [0.29, 0.717) is 61.1 Å². The fourth-order valence-electron chi connectivity index (χ4n) is 5.94. The van der Waals surface area contributed by atoms with Gasteiger partial charge in [0.05, 0.1) is 49.9 Å². The largest absolute Gasteiger partial charge is 0.406 e. The lowest BCUT2D eigenvalue weighted by Crippen LogP contribution is -2.58. The minimum atomic E-state index is -4.58. The van der Waals surface area contributed by atoms with Crippen LogP contribution in [0.5, 0.6) is 0 Å². The van der Waals surface area contributed by atoms with Crippen molar-refractivity contribution in [1.29, 1.82) is 0 Å². The van der Waals surface area contributed by atoms with E-state index >= 15 is 4.39 Å². The molecule has 3 heterocycles. The number of hydrogen-bond acceptors (Lipinski definition) is 9. The molecular weight excluding hydrogens is 656 g/mol. The summed E-state index contributed by atoms with van der Waals surface area (Å²) < 4.78 is 76.1. The van der Waals surface area contributed by atoms with E-state index in [1.165, 1.54) is 25.6 Å². The van der Waals surface area contributed by atoms with Crippen molar-refractivity contribution in [3.63, 3.8) is 0 Å². The molecule has 2 fully saturated rings. The number of thiazole rings is 1. The first kappa shape index (κ1) is 38.1. The van der Waals surface area contributed by atoms with Gasteiger partial charge in [0.25, 0.3) is 5.91 Å². The molecule has 2 amide bonds. The van der Waals surface area contributed by atoms with Crippen molar-refractivity contribution in [2.24, 2.45) is 0 Å². The molecule has 268 valence electrons. The summed E-state index contributed by atoms with van der Waals surface area (Å²) in [7, 11) is 2.56. The van der Waals surface area contributed by atoms with Crippen LogP contribution in [0.3, 0.4) is 0 Å². The molecule has 48 heavy (non-hydrogen) atoms. The van der Waals surface area contributed by atoms with Crippen molar-refractivity contribution in [3.05, 3.63) is 51.2 Å². The Morgan fingerprint density at radius 1 is 1.10 bits per heavy atom. The minimum Gasteiger partial charge on any atom is -0.381 e. The number of carbonyl (C=O) groups excluding carboxylic acids is 2. The second-order valence-corrected chi connectivity index (χ2v) is 13.4. The summed E-state index contributed by atoms with van der Waals surface area (Å²) in [6.45, 7) is 5.60. The zero-order chi connectivity index (χ0) is 34.9. The van der Waals surface area contributed by atoms with Crippen LogP contribution < -0.4 is 0 Å². The smallest absolute Gasteiger partial charge is 0.381 e. The number of benzene rings is 1. The van der Waals surface area contributed by atoms with Crippen LogP contribution in [0, 0.1) is 5.82 Å². The van der Waals surface area contributed by atoms with E-state index in [1.807, 2.05) is 10.3 Å². The number of nitrogens with zero attached hydrogens (tertiary/aromatic N) is 4. The summed E-state index contributed by atoms with van der Waals surface area (Å²) in [6.07, 6.45) is -4.16. The highest BCUT2D eigenvalue weighted by atomic mass is 32.1. The minimum absolute atomic E-state index is 0.0663. The predicted octanol–water partition coefficient (Wildman–Crippen LogP) is 4.87. The number of carbonyl (C=O) groups is 2. The number of aromatic nitrogens is 1. The molecule has 2 saturated heterocycles. The van der Waals surface area contributed by atoms with Crippen molar-refractivity contribution >= 4 is 23.2 Å². The lowest BCUT2D eigenvalue weighted by atomic mass is 9.89. The van der Waals surface area contributed by atoms with E-state index < -0.39 is 30.5 Å². The number of likely N-dealkylation sites (tertiary alicyclic amines) is 1. The van der Waals surface area contributed by atoms with Crippen LogP contribution >= 0.6 is 11.3 Å². The van der Waals surface area contributed by atoms with Crippen molar-refractivity contribution in [1.82, 2.24) is 19.7 Å². The number of hydrogen-bond donors (Lipinski definition) is 0. The third-order valence-corrected chi connectivity index (χ3v) is 9.83. The molecule has 2 aliphatic rings. The Morgan fingerprint density at radius 3 is 2.46 bits per heavy atom. The van der Waals surface area contributed by atoms with Gasteiger partial charge in [-0.1, -0.05) is 32.0 Å². The molecular formula is C33H46F4N4O6S. The van der Waals surface area contributed by atoms with Crippen molar-refractivity contribution < 1.29 is 46.1 Å². The van der Waals surface area contributed by atoms with Gasteiger partial charge in [-0.25, -0.2) is 9.37 Å². The molecule has 4 rings (SSSR count). The van der Waals surface area contributed by atoms with Gasteiger partial charge in [0.1, 0.15) is 18.1 Å². The zero-order valence-corrected chi connectivity index (χ0v) is 28.8. The first-order valence-electron chi connectivity index (χ1n) is 16.2. The van der Waals surface area contributed by atoms with Crippen molar-refractivity contribution in [2.45, 2.75) is 70.1 Å². The number of rotatable bonds is 15. The Hall–Kier alpha value is -2.69. The summed E-state index contributed by atoms with van der Waals surface area (Å²) in [5.74, 6) is -0.874. The second-order valence-electron chi connectivity index (χ2n) is 12.6. The number of methoxy groups -OCH3 is 2. The van der Waals surface area contributed by atoms with Crippen LogP contribution in [-0.4, -0.2) is 123 Å². The van der Waals surface area contributed by atoms with Gasteiger partial charge in [0.15, 0.2) is 6.29 Å². The van der Waals surface area contributed by atoms with Gasteiger partial charge >= 0.3 is 6.18 Å². The summed E-state index contributed by atoms with van der Waals surface area (Å²) in [6, 6.07) is 5.21. The van der Waals surface area contributed by atoms with E-state index in [4.69, 9.17) is 18.9 Å². The Kier molecular flexibility index (Phi) is 13.7. The van der Waals surface area contributed by atoms with Gasteiger partial charge in [0.2, 0.25) is 5.91 Å². The molecule has 0 aliphatic carbocycles. The maximum absolute atomic E-state index is 15.5. The SMILES string of the molecule is COC(CN(CC(F)(F)F)C(=O)CCOCCc1cccc(CN2CCC3(CC2)CN(C(=O)c2csc(C(C)C)n2)CCO3)c1F)OC. The molecule has 1 spiro atoms. The van der Waals surface area contributed by atoms with Crippen LogP contribution in [-0.2, 0) is 36.7 Å². The number of halogens is 4. The molecule has 2 aliphatic heterocycles. The highest BCUT2D eigenvalue weighted by molar-refractivity contribution is 7.09. The maximum Gasteiger partial charge on any atom is 0.406 e. The second kappa shape index (κ2) is 17.3. The summed E-state index contributed by atoms with van der Waals surface area (Å²) in [5.41, 5.74) is 1.07. The zero-order valence-electron chi connectivity index (χ0n) is 28.0. The van der Waals surface area contributed by atoms with E-state index in [1.54, 1.807) is 18.2 Å². The lowest BCUT2D eigenvalue weighted by Gasteiger charge is -2.47. The molecule has 0 saturated carbocycles. The number of piperidine rings is 1. The summed E-state index contributed by atoms with van der Waals surface area (Å²) in [4.78, 5) is 34.9. The third kappa shape index (κ3) is 10.7. The Bertz CT molecular complexity index is 1350. The van der Waals surface area contributed by atoms with E-state index in [2.05, 4.69) is 23.7 Å². The highest BCUT2D eigenvalue weighted by Crippen LogP contribution is 2.32. The monoisotopic (exact) mass is 702 g/mol. The fourth-order valence-corrected chi connectivity index (χ4v) is 6.75. The van der Waals surface area contributed by atoms with Crippen LogP contribution in [0.4, 0.5) is 17.6 Å². The molecule has 15 heteroatoms. The van der Waals surface area contributed by atoms with Gasteiger partial charge < -0.3 is 28.7 Å². The van der Waals surface area contributed by atoms with E-state index in [-0.39, 0.29) is 50.2 Å². The molecule has 0 N–H and O–H groups in total. The average molecular weight is 703 g/mol. The number of alkyl halides is 3. The van der Waals surface area contributed by atoms with Crippen molar-refractivity contribution in [2.75, 3.05) is 73.3 Å². The number of ether oxygens (including phenoxy) is 4. The fraction of sp³-hybridized carbons (Fsp3) is 0.667. The Balaban J connectivity index is 1.23. The van der Waals surface area contributed by atoms with Crippen LogP contribution in [0.25, 0.3) is 0 Å². The summed E-state index contributed by atoms with van der Waals surface area (Å²) >= 11 is 1.51. The normalized spacial score (nSPS) is 17.1. The predicted molar refractivity (Wildman–Crippen MR) is 171 cm³/mol. The standard InChI is InChI=1S/C33H46F4N4O6S/c1-23(2)30-38-26(20-48-30)31(43)40-14-17-47-32(21-40)10-12-39(13-11-32)18-25-7-5-6-24(29(25)34)8-15-46-16-9-27(42)41(22-33(35,36)37)19-28(44-3)45-4/h5-7,20,23,28H,8-19,21-22H2,1-4H3. The Morgan fingerprint density at radius 2 is 1.81 bits per heavy atom. The van der Waals surface area contributed by atoms with Crippen LogP contribution in [0.15, 0.2) is 23.6 Å². The van der Waals surface area contributed by atoms with Gasteiger partial charge in [-0.3, -0.25) is 14.5 Å². The molecule has 0 unspecified atom stereocenters. The molecule has 10 nitrogen and oxygen atoms in total.